The Morgan fingerprint density at radius 1 is 1.16 bits per heavy atom. The minimum atomic E-state index is -0.170. The fraction of sp³-hybridized carbons (Fsp3) is 0.263. The molecule has 0 bridgehead atoms. The molecular formula is C19H20ClN3O2. The van der Waals surface area contributed by atoms with Crippen LogP contribution in [0, 0.1) is 6.92 Å². The van der Waals surface area contributed by atoms with Gasteiger partial charge in [0.1, 0.15) is 0 Å². The van der Waals surface area contributed by atoms with Crippen molar-refractivity contribution in [2.24, 2.45) is 0 Å². The summed E-state index contributed by atoms with van der Waals surface area (Å²) in [6.45, 7) is 2.80. The number of rotatable bonds is 4. The average molecular weight is 358 g/mol. The highest BCUT2D eigenvalue weighted by atomic mass is 35.5. The van der Waals surface area contributed by atoms with Crippen LogP contribution in [-0.2, 0) is 11.2 Å². The van der Waals surface area contributed by atoms with Gasteiger partial charge in [-0.15, -0.1) is 0 Å². The molecule has 0 aromatic heterocycles. The molecule has 0 unspecified atom stereocenters. The first-order chi connectivity index (χ1) is 12.1. The Hall–Kier alpha value is -2.53. The summed E-state index contributed by atoms with van der Waals surface area (Å²) < 4.78 is 0. The van der Waals surface area contributed by atoms with E-state index in [1.54, 1.807) is 23.1 Å². The predicted octanol–water partition coefficient (Wildman–Crippen LogP) is 3.75. The minimum Gasteiger partial charge on any atom is -0.337 e. The third-order valence-electron chi connectivity index (χ3n) is 4.30. The van der Waals surface area contributed by atoms with Gasteiger partial charge in [0.15, 0.2) is 0 Å². The molecule has 5 nitrogen and oxygen atoms in total. The van der Waals surface area contributed by atoms with Crippen molar-refractivity contribution in [3.05, 3.63) is 58.6 Å². The Kier molecular flexibility index (Phi) is 5.24. The summed E-state index contributed by atoms with van der Waals surface area (Å²) in [4.78, 5) is 26.1. The SMILES string of the molecule is Cc1c(Cl)cccc1NC(=O)CCNC(=O)N1CCc2ccccc21. The highest BCUT2D eigenvalue weighted by Gasteiger charge is 2.23. The molecule has 3 rings (SSSR count). The number of amides is 3. The van der Waals surface area contributed by atoms with Gasteiger partial charge in [0, 0.05) is 35.9 Å². The van der Waals surface area contributed by atoms with E-state index in [1.165, 1.54) is 5.56 Å². The Morgan fingerprint density at radius 2 is 1.96 bits per heavy atom. The average Bonchev–Trinajstić information content (AvgIpc) is 3.03. The molecule has 2 N–H and O–H groups in total. The van der Waals surface area contributed by atoms with E-state index in [9.17, 15) is 9.59 Å². The zero-order chi connectivity index (χ0) is 17.8. The summed E-state index contributed by atoms with van der Waals surface area (Å²) >= 11 is 6.04. The predicted molar refractivity (Wildman–Crippen MR) is 100 cm³/mol. The van der Waals surface area contributed by atoms with Gasteiger partial charge in [-0.3, -0.25) is 9.69 Å². The van der Waals surface area contributed by atoms with Gasteiger partial charge >= 0.3 is 6.03 Å². The van der Waals surface area contributed by atoms with Gasteiger partial charge in [0.25, 0.3) is 0 Å². The summed E-state index contributed by atoms with van der Waals surface area (Å²) in [6.07, 6.45) is 1.06. The monoisotopic (exact) mass is 357 g/mol. The lowest BCUT2D eigenvalue weighted by Gasteiger charge is -2.18. The molecule has 25 heavy (non-hydrogen) atoms. The van der Waals surface area contributed by atoms with E-state index in [0.29, 0.717) is 17.3 Å². The van der Waals surface area contributed by atoms with E-state index < -0.39 is 0 Å². The molecule has 3 amide bonds. The summed E-state index contributed by atoms with van der Waals surface area (Å²) in [7, 11) is 0. The van der Waals surface area contributed by atoms with Gasteiger partial charge in [-0.1, -0.05) is 35.9 Å². The summed E-state index contributed by atoms with van der Waals surface area (Å²) in [5.41, 5.74) is 3.64. The maximum Gasteiger partial charge on any atom is 0.321 e. The number of hydrogen-bond acceptors (Lipinski definition) is 2. The molecule has 0 saturated carbocycles. The van der Waals surface area contributed by atoms with Crippen molar-refractivity contribution in [1.29, 1.82) is 0 Å². The third kappa shape index (κ3) is 3.94. The fourth-order valence-electron chi connectivity index (χ4n) is 2.88. The van der Waals surface area contributed by atoms with Crippen molar-refractivity contribution in [3.63, 3.8) is 0 Å². The van der Waals surface area contributed by atoms with Gasteiger partial charge in [0.2, 0.25) is 5.91 Å². The van der Waals surface area contributed by atoms with Crippen molar-refractivity contribution in [2.75, 3.05) is 23.3 Å². The fourth-order valence-corrected chi connectivity index (χ4v) is 3.06. The number of nitrogens with zero attached hydrogens (tertiary/aromatic N) is 1. The Labute approximate surface area is 152 Å². The molecule has 0 radical (unpaired) electrons. The summed E-state index contributed by atoms with van der Waals surface area (Å²) in [6, 6.07) is 13.1. The van der Waals surface area contributed by atoms with Crippen molar-refractivity contribution in [3.8, 4) is 0 Å². The number of benzene rings is 2. The molecule has 130 valence electrons. The first-order valence-corrected chi connectivity index (χ1v) is 8.62. The lowest BCUT2D eigenvalue weighted by atomic mass is 10.2. The lowest BCUT2D eigenvalue weighted by Crippen LogP contribution is -2.40. The van der Waals surface area contributed by atoms with Crippen LogP contribution in [0.15, 0.2) is 42.5 Å². The van der Waals surface area contributed by atoms with Gasteiger partial charge in [-0.25, -0.2) is 4.79 Å². The number of nitrogens with one attached hydrogen (secondary N) is 2. The molecule has 0 aliphatic carbocycles. The van der Waals surface area contributed by atoms with Crippen LogP contribution < -0.4 is 15.5 Å². The van der Waals surface area contributed by atoms with Crippen molar-refractivity contribution in [2.45, 2.75) is 19.8 Å². The Bertz CT molecular complexity index is 807. The van der Waals surface area contributed by atoms with E-state index in [4.69, 9.17) is 11.6 Å². The normalized spacial score (nSPS) is 12.6. The van der Waals surface area contributed by atoms with Gasteiger partial charge in [-0.05, 0) is 42.7 Å². The number of hydrogen-bond donors (Lipinski definition) is 2. The van der Waals surface area contributed by atoms with Crippen LogP contribution in [0.4, 0.5) is 16.2 Å². The number of halogens is 1. The zero-order valence-electron chi connectivity index (χ0n) is 14.0. The molecule has 2 aromatic carbocycles. The highest BCUT2D eigenvalue weighted by Crippen LogP contribution is 2.27. The maximum atomic E-state index is 12.3. The molecule has 2 aromatic rings. The number of urea groups is 1. The summed E-state index contributed by atoms with van der Waals surface area (Å²) in [5.74, 6) is -0.160. The van der Waals surface area contributed by atoms with Gasteiger partial charge in [0.05, 0.1) is 0 Å². The van der Waals surface area contributed by atoms with E-state index >= 15 is 0 Å². The van der Waals surface area contributed by atoms with E-state index in [-0.39, 0.29) is 24.9 Å². The van der Waals surface area contributed by atoms with Crippen molar-refractivity contribution in [1.82, 2.24) is 5.32 Å². The van der Waals surface area contributed by atoms with Crippen LogP contribution in [0.5, 0.6) is 0 Å². The second-order valence-corrected chi connectivity index (χ2v) is 6.38. The van der Waals surface area contributed by atoms with Crippen molar-refractivity contribution >= 4 is 34.9 Å². The third-order valence-corrected chi connectivity index (χ3v) is 4.71. The lowest BCUT2D eigenvalue weighted by molar-refractivity contribution is -0.116. The second kappa shape index (κ2) is 7.57. The molecule has 1 aliphatic heterocycles. The van der Waals surface area contributed by atoms with Crippen LogP contribution in [0.3, 0.4) is 0 Å². The van der Waals surface area contributed by atoms with Crippen LogP contribution in [0.1, 0.15) is 17.5 Å². The molecule has 1 aliphatic rings. The molecule has 6 heteroatoms. The molecule has 0 spiro atoms. The summed E-state index contributed by atoms with van der Waals surface area (Å²) in [5, 5.41) is 6.24. The second-order valence-electron chi connectivity index (χ2n) is 5.97. The van der Waals surface area contributed by atoms with Crippen LogP contribution in [0.25, 0.3) is 0 Å². The van der Waals surface area contributed by atoms with Crippen molar-refractivity contribution < 1.29 is 9.59 Å². The quantitative estimate of drug-likeness (QED) is 0.875. The van der Waals surface area contributed by atoms with Crippen LogP contribution in [-0.4, -0.2) is 25.0 Å². The zero-order valence-corrected chi connectivity index (χ0v) is 14.8. The van der Waals surface area contributed by atoms with E-state index in [0.717, 1.165) is 17.7 Å². The first-order valence-electron chi connectivity index (χ1n) is 8.24. The molecule has 0 atom stereocenters. The van der Waals surface area contributed by atoms with Crippen LogP contribution >= 0.6 is 11.6 Å². The molecule has 0 fully saturated rings. The van der Waals surface area contributed by atoms with E-state index in [1.807, 2.05) is 31.2 Å². The largest absolute Gasteiger partial charge is 0.337 e. The van der Waals surface area contributed by atoms with Crippen LogP contribution in [0.2, 0.25) is 5.02 Å². The smallest absolute Gasteiger partial charge is 0.321 e. The Morgan fingerprint density at radius 3 is 2.80 bits per heavy atom. The molecule has 0 saturated heterocycles. The topological polar surface area (TPSA) is 61.4 Å². The van der Waals surface area contributed by atoms with E-state index in [2.05, 4.69) is 10.6 Å². The maximum absolute atomic E-state index is 12.3. The standard InChI is InChI=1S/C19H20ClN3O2/c1-13-15(20)6-4-7-16(13)22-18(24)9-11-21-19(25)23-12-10-14-5-2-3-8-17(14)23/h2-8H,9-12H2,1H3,(H,21,25)(H,22,24). The Balaban J connectivity index is 1.49. The number of carbonyl (C=O) groups is 2. The number of carbonyl (C=O) groups excluding carboxylic acids is 2. The minimum absolute atomic E-state index is 0.160. The highest BCUT2D eigenvalue weighted by molar-refractivity contribution is 6.31. The number of para-hydroxylation sites is 1. The first kappa shape index (κ1) is 17.3. The number of anilines is 2. The van der Waals surface area contributed by atoms with Gasteiger partial charge in [-0.2, -0.15) is 0 Å². The molecular weight excluding hydrogens is 338 g/mol. The van der Waals surface area contributed by atoms with Gasteiger partial charge < -0.3 is 10.6 Å². The molecule has 1 heterocycles. The number of fused-ring (bicyclic) bond motifs is 1.